The molecule has 0 fully saturated rings. The lowest BCUT2D eigenvalue weighted by molar-refractivity contribution is -0.119. The van der Waals surface area contributed by atoms with Gasteiger partial charge < -0.3 is 21.1 Å². The Morgan fingerprint density at radius 2 is 1.87 bits per heavy atom. The molecule has 0 bridgehead atoms. The molecule has 162 valence electrons. The quantitative estimate of drug-likeness (QED) is 0.397. The van der Waals surface area contributed by atoms with Crippen LogP contribution in [-0.2, 0) is 17.8 Å². The smallest absolute Gasteiger partial charge is 0.255 e. The first kappa shape index (κ1) is 23.5. The van der Waals surface area contributed by atoms with E-state index in [0.717, 1.165) is 36.1 Å². The lowest BCUT2D eigenvalue weighted by Crippen LogP contribution is -2.42. The summed E-state index contributed by atoms with van der Waals surface area (Å²) >= 11 is 6.11. The first-order valence-electron chi connectivity index (χ1n) is 10.0. The number of benzene rings is 2. The molecule has 2 rings (SSSR count). The predicted octanol–water partition coefficient (Wildman–Crippen LogP) is 3.53. The van der Waals surface area contributed by atoms with E-state index in [9.17, 15) is 4.79 Å². The summed E-state index contributed by atoms with van der Waals surface area (Å²) in [5, 5.41) is 7.47. The molecule has 0 spiro atoms. The minimum atomic E-state index is -0.502. The minimum absolute atomic E-state index is 0.0173. The zero-order chi connectivity index (χ0) is 22.0. The summed E-state index contributed by atoms with van der Waals surface area (Å²) < 4.78 is 5.36. The van der Waals surface area contributed by atoms with Gasteiger partial charge in [-0.1, -0.05) is 49.7 Å². The standard InChI is InChI=1S/C23H31ClN4O2/c1-4-26-22(27-14-18-8-6-10-20(12-18)30-15-21(25)29)28-16-23(2,3)13-17-7-5-9-19(24)11-17/h5-12H,4,13-16H2,1-3H3,(H2,25,29)(H2,26,27,28). The summed E-state index contributed by atoms with van der Waals surface area (Å²) in [6, 6.07) is 15.5. The van der Waals surface area contributed by atoms with Crippen molar-refractivity contribution in [2.24, 2.45) is 16.1 Å². The normalized spacial score (nSPS) is 11.8. The number of hydrogen-bond acceptors (Lipinski definition) is 3. The third-order valence-corrected chi connectivity index (χ3v) is 4.58. The van der Waals surface area contributed by atoms with E-state index in [1.165, 1.54) is 5.56 Å². The molecule has 0 radical (unpaired) electrons. The molecular weight excluding hydrogens is 400 g/mol. The van der Waals surface area contributed by atoms with Crippen LogP contribution in [0.25, 0.3) is 0 Å². The molecule has 0 aromatic heterocycles. The largest absolute Gasteiger partial charge is 0.484 e. The van der Waals surface area contributed by atoms with Crippen molar-refractivity contribution in [3.63, 3.8) is 0 Å². The number of carbonyl (C=O) groups excluding carboxylic acids is 1. The van der Waals surface area contributed by atoms with E-state index in [1.54, 1.807) is 6.07 Å². The van der Waals surface area contributed by atoms with Gasteiger partial charge in [-0.05, 0) is 54.2 Å². The number of rotatable bonds is 10. The third kappa shape index (κ3) is 8.74. The first-order valence-corrected chi connectivity index (χ1v) is 10.4. The maximum Gasteiger partial charge on any atom is 0.255 e. The molecule has 30 heavy (non-hydrogen) atoms. The molecule has 2 aromatic carbocycles. The van der Waals surface area contributed by atoms with Gasteiger partial charge in [-0.25, -0.2) is 4.99 Å². The van der Waals surface area contributed by atoms with Crippen LogP contribution in [-0.4, -0.2) is 31.6 Å². The number of nitrogens with two attached hydrogens (primary N) is 1. The number of carbonyl (C=O) groups is 1. The highest BCUT2D eigenvalue weighted by Gasteiger charge is 2.19. The monoisotopic (exact) mass is 430 g/mol. The summed E-state index contributed by atoms with van der Waals surface area (Å²) in [6.07, 6.45) is 0.902. The second-order valence-electron chi connectivity index (χ2n) is 7.92. The number of nitrogens with one attached hydrogen (secondary N) is 2. The van der Waals surface area contributed by atoms with Gasteiger partial charge in [-0.3, -0.25) is 4.79 Å². The number of aliphatic imine (C=N–C) groups is 1. The Kier molecular flexibility index (Phi) is 8.99. The maximum absolute atomic E-state index is 10.9. The highest BCUT2D eigenvalue weighted by atomic mass is 35.5. The van der Waals surface area contributed by atoms with Crippen molar-refractivity contribution in [1.29, 1.82) is 0 Å². The van der Waals surface area contributed by atoms with Crippen LogP contribution in [0.1, 0.15) is 31.9 Å². The number of guanidine groups is 1. The number of amides is 1. The van der Waals surface area contributed by atoms with Gasteiger partial charge in [0.1, 0.15) is 5.75 Å². The van der Waals surface area contributed by atoms with E-state index in [4.69, 9.17) is 22.1 Å². The van der Waals surface area contributed by atoms with Crippen molar-refractivity contribution in [1.82, 2.24) is 10.6 Å². The van der Waals surface area contributed by atoms with Crippen LogP contribution in [0.3, 0.4) is 0 Å². The molecule has 0 unspecified atom stereocenters. The molecule has 0 aliphatic heterocycles. The molecule has 0 atom stereocenters. The average Bonchev–Trinajstić information content (AvgIpc) is 2.68. The molecule has 4 N–H and O–H groups in total. The fourth-order valence-electron chi connectivity index (χ4n) is 2.99. The number of primary amides is 1. The Morgan fingerprint density at radius 1 is 1.13 bits per heavy atom. The van der Waals surface area contributed by atoms with Crippen LogP contribution >= 0.6 is 11.6 Å². The van der Waals surface area contributed by atoms with E-state index >= 15 is 0 Å². The predicted molar refractivity (Wildman–Crippen MR) is 123 cm³/mol. The fourth-order valence-corrected chi connectivity index (χ4v) is 3.20. The maximum atomic E-state index is 10.9. The topological polar surface area (TPSA) is 88.7 Å². The summed E-state index contributed by atoms with van der Waals surface area (Å²) in [4.78, 5) is 15.6. The van der Waals surface area contributed by atoms with Crippen molar-refractivity contribution in [2.45, 2.75) is 33.7 Å². The summed E-state index contributed by atoms with van der Waals surface area (Å²) in [5.74, 6) is 0.847. The van der Waals surface area contributed by atoms with Gasteiger partial charge in [0.25, 0.3) is 5.91 Å². The number of halogens is 1. The van der Waals surface area contributed by atoms with E-state index in [2.05, 4.69) is 35.5 Å². The van der Waals surface area contributed by atoms with Crippen LogP contribution in [0.2, 0.25) is 5.02 Å². The molecule has 0 aliphatic rings. The number of nitrogens with zero attached hydrogens (tertiary/aromatic N) is 1. The highest BCUT2D eigenvalue weighted by molar-refractivity contribution is 6.30. The van der Waals surface area contributed by atoms with E-state index in [-0.39, 0.29) is 12.0 Å². The molecule has 6 nitrogen and oxygen atoms in total. The third-order valence-electron chi connectivity index (χ3n) is 4.35. The Balaban J connectivity index is 1.96. The van der Waals surface area contributed by atoms with Gasteiger partial charge in [0, 0.05) is 18.1 Å². The van der Waals surface area contributed by atoms with E-state index in [0.29, 0.717) is 12.3 Å². The molecule has 0 saturated heterocycles. The second kappa shape index (κ2) is 11.5. The van der Waals surface area contributed by atoms with Gasteiger partial charge in [0.15, 0.2) is 12.6 Å². The first-order chi connectivity index (χ1) is 14.3. The molecule has 1 amide bonds. The Morgan fingerprint density at radius 3 is 2.57 bits per heavy atom. The Labute approximate surface area is 183 Å². The van der Waals surface area contributed by atoms with Crippen LogP contribution in [0.15, 0.2) is 53.5 Å². The van der Waals surface area contributed by atoms with Crippen LogP contribution in [0.4, 0.5) is 0 Å². The van der Waals surface area contributed by atoms with Crippen molar-refractivity contribution in [3.8, 4) is 5.75 Å². The van der Waals surface area contributed by atoms with Crippen molar-refractivity contribution in [2.75, 3.05) is 19.7 Å². The second-order valence-corrected chi connectivity index (χ2v) is 8.36. The van der Waals surface area contributed by atoms with Crippen LogP contribution in [0, 0.1) is 5.41 Å². The van der Waals surface area contributed by atoms with Gasteiger partial charge in [0.2, 0.25) is 0 Å². The fraction of sp³-hybridized carbons (Fsp3) is 0.391. The van der Waals surface area contributed by atoms with E-state index < -0.39 is 5.91 Å². The van der Waals surface area contributed by atoms with Crippen molar-refractivity contribution in [3.05, 3.63) is 64.7 Å². The summed E-state index contributed by atoms with van der Waals surface area (Å²) in [7, 11) is 0. The average molecular weight is 431 g/mol. The van der Waals surface area contributed by atoms with Gasteiger partial charge >= 0.3 is 0 Å². The zero-order valence-corrected chi connectivity index (χ0v) is 18.6. The molecule has 2 aromatic rings. The lowest BCUT2D eigenvalue weighted by atomic mass is 9.86. The van der Waals surface area contributed by atoms with E-state index in [1.807, 2.05) is 43.3 Å². The molecular formula is C23H31ClN4O2. The SMILES string of the molecule is CCNC(=NCc1cccc(OCC(N)=O)c1)NCC(C)(C)Cc1cccc(Cl)c1. The van der Waals surface area contributed by atoms with Gasteiger partial charge in [-0.2, -0.15) is 0 Å². The molecule has 7 heteroatoms. The number of ether oxygens (including phenoxy) is 1. The van der Waals surface area contributed by atoms with Crippen LogP contribution < -0.4 is 21.1 Å². The highest BCUT2D eigenvalue weighted by Crippen LogP contribution is 2.23. The zero-order valence-electron chi connectivity index (χ0n) is 17.9. The molecule has 0 heterocycles. The Bertz CT molecular complexity index is 868. The summed E-state index contributed by atoms with van der Waals surface area (Å²) in [6.45, 7) is 8.33. The minimum Gasteiger partial charge on any atom is -0.484 e. The van der Waals surface area contributed by atoms with Crippen molar-refractivity contribution < 1.29 is 9.53 Å². The number of hydrogen-bond donors (Lipinski definition) is 3. The molecule has 0 saturated carbocycles. The lowest BCUT2D eigenvalue weighted by Gasteiger charge is -2.26. The van der Waals surface area contributed by atoms with Crippen LogP contribution in [0.5, 0.6) is 5.75 Å². The van der Waals surface area contributed by atoms with Gasteiger partial charge in [0.05, 0.1) is 6.54 Å². The Hall–Kier alpha value is -2.73. The summed E-state index contributed by atoms with van der Waals surface area (Å²) in [5.41, 5.74) is 7.33. The van der Waals surface area contributed by atoms with Crippen molar-refractivity contribution >= 4 is 23.5 Å². The molecule has 0 aliphatic carbocycles. The van der Waals surface area contributed by atoms with Gasteiger partial charge in [-0.15, -0.1) is 0 Å².